The quantitative estimate of drug-likeness (QED) is 0.507. The third kappa shape index (κ3) is 3.21. The van der Waals surface area contributed by atoms with E-state index >= 15 is 0 Å². The lowest BCUT2D eigenvalue weighted by atomic mass is 10.1. The number of H-pyrrole nitrogens is 1. The van der Waals surface area contributed by atoms with Gasteiger partial charge >= 0.3 is 11.1 Å². The SMILES string of the molecule is Cn1[nH]c(=O)c(=O)nc1SCC(=O)c1ccc(F)cc1. The number of carbonyl (C=O) groups excluding carboxylic acids is 1. The Labute approximate surface area is 116 Å². The number of aromatic nitrogens is 3. The van der Waals surface area contributed by atoms with Crippen LogP contribution in [0.25, 0.3) is 0 Å². The molecular weight excluding hydrogens is 285 g/mol. The number of carbonyl (C=O) groups is 1. The first kappa shape index (κ1) is 14.2. The van der Waals surface area contributed by atoms with Crippen LogP contribution in [0, 0.1) is 5.82 Å². The van der Waals surface area contributed by atoms with E-state index in [-0.39, 0.29) is 16.7 Å². The average Bonchev–Trinajstić information content (AvgIpc) is 2.42. The average molecular weight is 295 g/mol. The predicted molar refractivity (Wildman–Crippen MR) is 71.6 cm³/mol. The van der Waals surface area contributed by atoms with Crippen LogP contribution in [-0.4, -0.2) is 26.3 Å². The number of aromatic amines is 1. The van der Waals surface area contributed by atoms with E-state index in [0.717, 1.165) is 11.8 Å². The van der Waals surface area contributed by atoms with E-state index in [0.29, 0.717) is 5.56 Å². The van der Waals surface area contributed by atoms with Crippen LogP contribution in [0.2, 0.25) is 0 Å². The number of thioether (sulfide) groups is 1. The Morgan fingerprint density at radius 2 is 2.00 bits per heavy atom. The molecule has 1 aromatic heterocycles. The Morgan fingerprint density at radius 1 is 1.35 bits per heavy atom. The number of benzene rings is 1. The summed E-state index contributed by atoms with van der Waals surface area (Å²) in [6.07, 6.45) is 0. The minimum atomic E-state index is -0.903. The summed E-state index contributed by atoms with van der Waals surface area (Å²) in [5, 5.41) is 2.51. The highest BCUT2D eigenvalue weighted by molar-refractivity contribution is 7.99. The Morgan fingerprint density at radius 3 is 2.65 bits per heavy atom. The molecule has 0 saturated carbocycles. The monoisotopic (exact) mass is 295 g/mol. The molecule has 0 unspecified atom stereocenters. The van der Waals surface area contributed by atoms with Crippen LogP contribution in [0.4, 0.5) is 4.39 Å². The second kappa shape index (κ2) is 5.83. The summed E-state index contributed by atoms with van der Waals surface area (Å²) in [5.41, 5.74) is -1.35. The molecule has 0 radical (unpaired) electrons. The summed E-state index contributed by atoms with van der Waals surface area (Å²) >= 11 is 1.02. The molecular formula is C12H10FN3O3S. The standard InChI is InChI=1S/C12H10FN3O3S/c1-16-12(14-10(18)11(19)15-16)20-6-9(17)7-2-4-8(13)5-3-7/h2-5H,6H2,1H3,(H,15,19). The molecule has 2 rings (SSSR count). The fourth-order valence-corrected chi connectivity index (χ4v) is 2.25. The summed E-state index contributed by atoms with van der Waals surface area (Å²) in [6, 6.07) is 5.17. The molecule has 20 heavy (non-hydrogen) atoms. The Bertz CT molecular complexity index is 752. The summed E-state index contributed by atoms with van der Waals surface area (Å²) < 4.78 is 14.0. The summed E-state index contributed by atoms with van der Waals surface area (Å²) in [4.78, 5) is 37.6. The van der Waals surface area contributed by atoms with Gasteiger partial charge in [-0.2, -0.15) is 4.98 Å². The van der Waals surface area contributed by atoms with Crippen molar-refractivity contribution < 1.29 is 9.18 Å². The molecule has 0 aliphatic carbocycles. The topological polar surface area (TPSA) is 84.8 Å². The zero-order valence-electron chi connectivity index (χ0n) is 10.4. The largest absolute Gasteiger partial charge is 0.339 e. The molecule has 2 aromatic rings. The molecule has 0 aliphatic rings. The minimum absolute atomic E-state index is 0.0258. The van der Waals surface area contributed by atoms with Crippen LogP contribution >= 0.6 is 11.8 Å². The van der Waals surface area contributed by atoms with Gasteiger partial charge in [0.1, 0.15) is 5.82 Å². The molecule has 1 N–H and O–H groups in total. The van der Waals surface area contributed by atoms with Crippen molar-refractivity contribution in [3.63, 3.8) is 0 Å². The smallest absolute Gasteiger partial charge is 0.293 e. The molecule has 0 fully saturated rings. The van der Waals surface area contributed by atoms with E-state index in [1.807, 2.05) is 0 Å². The third-order valence-electron chi connectivity index (χ3n) is 2.45. The van der Waals surface area contributed by atoms with Crippen molar-refractivity contribution in [1.82, 2.24) is 14.8 Å². The van der Waals surface area contributed by atoms with Crippen LogP contribution in [0.1, 0.15) is 10.4 Å². The molecule has 0 saturated heterocycles. The van der Waals surface area contributed by atoms with Gasteiger partial charge in [-0.1, -0.05) is 11.8 Å². The fraction of sp³-hybridized carbons (Fsp3) is 0.167. The van der Waals surface area contributed by atoms with Crippen molar-refractivity contribution in [2.75, 3.05) is 5.75 Å². The fourth-order valence-electron chi connectivity index (χ4n) is 1.44. The maximum Gasteiger partial charge on any atom is 0.339 e. The van der Waals surface area contributed by atoms with Crippen molar-refractivity contribution in [2.24, 2.45) is 7.05 Å². The summed E-state index contributed by atoms with van der Waals surface area (Å²) in [6.45, 7) is 0. The van der Waals surface area contributed by atoms with E-state index in [4.69, 9.17) is 0 Å². The van der Waals surface area contributed by atoms with Crippen molar-refractivity contribution in [1.29, 1.82) is 0 Å². The summed E-state index contributed by atoms with van der Waals surface area (Å²) in [5.74, 6) is -0.618. The molecule has 6 nitrogen and oxygen atoms in total. The molecule has 0 aliphatic heterocycles. The zero-order chi connectivity index (χ0) is 14.7. The van der Waals surface area contributed by atoms with Crippen molar-refractivity contribution in [3.05, 3.63) is 56.4 Å². The van der Waals surface area contributed by atoms with Gasteiger partial charge in [0.2, 0.25) is 0 Å². The Kier molecular flexibility index (Phi) is 4.14. The van der Waals surface area contributed by atoms with E-state index < -0.39 is 16.9 Å². The molecule has 0 bridgehead atoms. The maximum absolute atomic E-state index is 12.7. The van der Waals surface area contributed by atoms with Gasteiger partial charge in [0, 0.05) is 12.6 Å². The lowest BCUT2D eigenvalue weighted by Gasteiger charge is -2.05. The molecule has 1 aromatic carbocycles. The number of aryl methyl sites for hydroxylation is 1. The lowest BCUT2D eigenvalue weighted by molar-refractivity contribution is 0.102. The first-order chi connectivity index (χ1) is 9.47. The first-order valence-corrected chi connectivity index (χ1v) is 6.55. The Hall–Kier alpha value is -2.22. The van der Waals surface area contributed by atoms with Gasteiger partial charge in [-0.15, -0.1) is 0 Å². The first-order valence-electron chi connectivity index (χ1n) is 5.56. The van der Waals surface area contributed by atoms with E-state index in [1.54, 1.807) is 0 Å². The number of hydrogen-bond acceptors (Lipinski definition) is 5. The molecule has 8 heteroatoms. The molecule has 1 heterocycles. The number of hydrogen-bond donors (Lipinski definition) is 1. The van der Waals surface area contributed by atoms with Gasteiger partial charge in [0.25, 0.3) is 0 Å². The number of halogens is 1. The Balaban J connectivity index is 2.11. The number of rotatable bonds is 4. The van der Waals surface area contributed by atoms with Crippen LogP contribution in [0.3, 0.4) is 0 Å². The third-order valence-corrected chi connectivity index (χ3v) is 3.48. The lowest BCUT2D eigenvalue weighted by Crippen LogP contribution is -2.34. The number of nitrogens with one attached hydrogen (secondary N) is 1. The van der Waals surface area contributed by atoms with E-state index in [9.17, 15) is 18.8 Å². The highest BCUT2D eigenvalue weighted by Gasteiger charge is 2.10. The zero-order valence-corrected chi connectivity index (χ0v) is 11.2. The molecule has 0 atom stereocenters. The van der Waals surface area contributed by atoms with Crippen molar-refractivity contribution >= 4 is 17.5 Å². The second-order valence-corrected chi connectivity index (χ2v) is 4.86. The highest BCUT2D eigenvalue weighted by atomic mass is 32.2. The predicted octanol–water partition coefficient (Wildman–Crippen LogP) is 0.583. The summed E-state index contributed by atoms with van der Waals surface area (Å²) in [7, 11) is 1.51. The van der Waals surface area contributed by atoms with Gasteiger partial charge in [0.15, 0.2) is 10.9 Å². The number of ketones is 1. The van der Waals surface area contributed by atoms with Crippen LogP contribution in [-0.2, 0) is 7.05 Å². The molecule has 0 spiro atoms. The van der Waals surface area contributed by atoms with Gasteiger partial charge in [0.05, 0.1) is 5.75 Å². The van der Waals surface area contributed by atoms with E-state index in [1.165, 1.54) is 36.0 Å². The van der Waals surface area contributed by atoms with Gasteiger partial charge < -0.3 is 0 Å². The van der Waals surface area contributed by atoms with Crippen LogP contribution in [0.15, 0.2) is 39.0 Å². The minimum Gasteiger partial charge on any atom is -0.293 e. The molecule has 104 valence electrons. The van der Waals surface area contributed by atoms with Crippen LogP contribution in [0.5, 0.6) is 0 Å². The normalized spacial score (nSPS) is 10.5. The molecule has 0 amide bonds. The van der Waals surface area contributed by atoms with Crippen molar-refractivity contribution in [2.45, 2.75) is 5.16 Å². The van der Waals surface area contributed by atoms with Gasteiger partial charge in [-0.05, 0) is 24.3 Å². The van der Waals surface area contributed by atoms with Crippen molar-refractivity contribution in [3.8, 4) is 0 Å². The second-order valence-electron chi connectivity index (χ2n) is 3.92. The van der Waals surface area contributed by atoms with Crippen LogP contribution < -0.4 is 11.1 Å². The van der Waals surface area contributed by atoms with Gasteiger partial charge in [-0.3, -0.25) is 24.2 Å². The number of nitrogens with zero attached hydrogens (tertiary/aromatic N) is 2. The van der Waals surface area contributed by atoms with E-state index in [2.05, 4.69) is 10.1 Å². The highest BCUT2D eigenvalue weighted by Crippen LogP contribution is 2.14. The van der Waals surface area contributed by atoms with Gasteiger partial charge in [-0.25, -0.2) is 4.39 Å². The number of Topliss-reactive ketones (excluding diaryl/α,β-unsaturated/α-hetero) is 1. The maximum atomic E-state index is 12.7.